The third-order valence-electron chi connectivity index (χ3n) is 16.3. The first-order chi connectivity index (χ1) is 35.6. The predicted molar refractivity (Wildman–Crippen MR) is 311 cm³/mol. The lowest BCUT2D eigenvalue weighted by Crippen LogP contribution is -2.40. The Morgan fingerprint density at radius 3 is 0.861 bits per heavy atom. The van der Waals surface area contributed by atoms with Crippen molar-refractivity contribution < 1.29 is 29.3 Å². The SMILES string of the molecule is CCCCCCCCCCCCCCCCCCCCCCCCCCCC/C=C/CCCCCCCCCCCCCCCCCCCCCCCCCCCC1CC(=O)OCC(CO)(CO)COC1=O. The summed E-state index contributed by atoms with van der Waals surface area (Å²) < 4.78 is 10.6. The van der Waals surface area contributed by atoms with Crippen molar-refractivity contribution in [3.05, 3.63) is 12.2 Å². The standard InChI is InChI=1S/C66H126O6/c1-2-3-4-5-6-7-8-9-10-11-12-13-14-15-16-17-18-19-20-21-22-23-24-25-26-27-28-29-30-31-32-33-34-35-36-37-38-39-40-41-42-43-44-45-46-47-48-49-50-51-52-53-54-55-56-57-63-58-64(69)71-61-66(59-67,60-68)62-72-65(63)70/h29-30,63,67-68H,2-28,31-62H2,1H3/b30-29+. The van der Waals surface area contributed by atoms with Crippen LogP contribution in [-0.2, 0) is 19.1 Å². The van der Waals surface area contributed by atoms with Gasteiger partial charge in [0.2, 0.25) is 0 Å². The zero-order chi connectivity index (χ0) is 51.8. The lowest BCUT2D eigenvalue weighted by Gasteiger charge is -2.27. The molecule has 1 fully saturated rings. The molecule has 72 heavy (non-hydrogen) atoms. The van der Waals surface area contributed by atoms with E-state index in [1.165, 1.54) is 321 Å². The van der Waals surface area contributed by atoms with E-state index in [2.05, 4.69) is 19.1 Å². The second kappa shape index (κ2) is 55.8. The van der Waals surface area contributed by atoms with Crippen LogP contribution >= 0.6 is 0 Å². The third kappa shape index (κ3) is 47.1. The van der Waals surface area contributed by atoms with Crippen LogP contribution in [0.4, 0.5) is 0 Å². The molecule has 2 N–H and O–H groups in total. The largest absolute Gasteiger partial charge is 0.465 e. The Bertz CT molecular complexity index is 1130. The maximum absolute atomic E-state index is 12.5. The Morgan fingerprint density at radius 2 is 0.597 bits per heavy atom. The monoisotopic (exact) mass is 1010 g/mol. The summed E-state index contributed by atoms with van der Waals surface area (Å²) in [6, 6.07) is 0. The Hall–Kier alpha value is -1.40. The number of carbonyl (C=O) groups is 2. The topological polar surface area (TPSA) is 93.1 Å². The summed E-state index contributed by atoms with van der Waals surface area (Å²) in [7, 11) is 0. The van der Waals surface area contributed by atoms with Crippen molar-refractivity contribution in [2.24, 2.45) is 11.3 Å². The van der Waals surface area contributed by atoms with E-state index in [9.17, 15) is 19.8 Å². The first-order valence-corrected chi connectivity index (χ1v) is 32.8. The average Bonchev–Trinajstić information content (AvgIpc) is 3.45. The molecule has 0 bridgehead atoms. The van der Waals surface area contributed by atoms with E-state index in [4.69, 9.17) is 9.47 Å². The smallest absolute Gasteiger partial charge is 0.309 e. The Morgan fingerprint density at radius 1 is 0.361 bits per heavy atom. The Labute approximate surface area is 449 Å². The molecule has 0 spiro atoms. The summed E-state index contributed by atoms with van der Waals surface area (Å²) in [5.41, 5.74) is -1.12. The maximum atomic E-state index is 12.5. The minimum absolute atomic E-state index is 0.00451. The molecule has 0 aromatic heterocycles. The Kier molecular flexibility index (Phi) is 53.2. The van der Waals surface area contributed by atoms with Gasteiger partial charge in [-0.15, -0.1) is 0 Å². The second-order valence-electron chi connectivity index (χ2n) is 23.5. The highest BCUT2D eigenvalue weighted by Gasteiger charge is 2.36. The lowest BCUT2D eigenvalue weighted by atomic mass is 9.92. The molecule has 0 radical (unpaired) electrons. The number of hydrogen-bond donors (Lipinski definition) is 2. The van der Waals surface area contributed by atoms with Crippen LogP contribution in [0.1, 0.15) is 360 Å². The van der Waals surface area contributed by atoms with Gasteiger partial charge in [-0.25, -0.2) is 0 Å². The number of hydrogen-bond acceptors (Lipinski definition) is 6. The molecule has 1 aliphatic rings. The lowest BCUT2D eigenvalue weighted by molar-refractivity contribution is -0.155. The fourth-order valence-electron chi connectivity index (χ4n) is 10.9. The van der Waals surface area contributed by atoms with Gasteiger partial charge in [0.15, 0.2) is 0 Å². The van der Waals surface area contributed by atoms with Crippen molar-refractivity contribution in [1.29, 1.82) is 0 Å². The van der Waals surface area contributed by atoms with Gasteiger partial charge in [0.25, 0.3) is 0 Å². The molecule has 6 heteroatoms. The number of aliphatic hydroxyl groups is 2. The number of aliphatic hydroxyl groups excluding tert-OH is 2. The first-order valence-electron chi connectivity index (χ1n) is 32.8. The minimum Gasteiger partial charge on any atom is -0.465 e. The van der Waals surface area contributed by atoms with Gasteiger partial charge in [-0.1, -0.05) is 334 Å². The first kappa shape index (κ1) is 68.6. The van der Waals surface area contributed by atoms with Crippen molar-refractivity contribution in [2.45, 2.75) is 360 Å². The summed E-state index contributed by atoms with van der Waals surface area (Å²) in [5.74, 6) is -1.40. The van der Waals surface area contributed by atoms with Crippen molar-refractivity contribution in [3.8, 4) is 0 Å². The molecule has 1 saturated heterocycles. The summed E-state index contributed by atoms with van der Waals surface area (Å²) in [4.78, 5) is 24.7. The average molecular weight is 1020 g/mol. The van der Waals surface area contributed by atoms with E-state index < -0.39 is 36.5 Å². The van der Waals surface area contributed by atoms with Gasteiger partial charge in [0.05, 0.1) is 31.0 Å². The summed E-state index contributed by atoms with van der Waals surface area (Å²) in [6.45, 7) is 1.21. The van der Waals surface area contributed by atoms with Gasteiger partial charge < -0.3 is 19.7 Å². The van der Waals surface area contributed by atoms with Crippen LogP contribution < -0.4 is 0 Å². The van der Waals surface area contributed by atoms with Crippen molar-refractivity contribution in [3.63, 3.8) is 0 Å². The van der Waals surface area contributed by atoms with Crippen LogP contribution in [0.15, 0.2) is 12.2 Å². The van der Waals surface area contributed by atoms with Crippen LogP contribution in [0.2, 0.25) is 0 Å². The molecular weight excluding hydrogens is 889 g/mol. The molecule has 0 aliphatic carbocycles. The quantitative estimate of drug-likeness (QED) is 0.0358. The highest BCUT2D eigenvalue weighted by Crippen LogP contribution is 2.25. The minimum atomic E-state index is -1.12. The summed E-state index contributed by atoms with van der Waals surface area (Å²) in [5, 5.41) is 19.2. The van der Waals surface area contributed by atoms with Gasteiger partial charge >= 0.3 is 11.9 Å². The van der Waals surface area contributed by atoms with E-state index in [0.29, 0.717) is 6.42 Å². The van der Waals surface area contributed by atoms with E-state index in [1.807, 2.05) is 0 Å². The number of ether oxygens (including phenoxy) is 2. The molecule has 1 heterocycles. The molecule has 0 aromatic rings. The molecule has 0 aromatic carbocycles. The number of unbranched alkanes of at least 4 members (excludes halogenated alkanes) is 51. The normalized spacial score (nSPS) is 15.2. The number of allylic oxidation sites excluding steroid dienone is 2. The molecule has 1 atom stereocenters. The maximum Gasteiger partial charge on any atom is 0.309 e. The van der Waals surface area contributed by atoms with Gasteiger partial charge in [-0.2, -0.15) is 0 Å². The van der Waals surface area contributed by atoms with Crippen molar-refractivity contribution in [2.75, 3.05) is 26.4 Å². The molecule has 1 rings (SSSR count). The number of carbonyl (C=O) groups excluding carboxylic acids is 2. The predicted octanol–water partition coefficient (Wildman–Crippen LogP) is 20.7. The van der Waals surface area contributed by atoms with E-state index in [0.717, 1.165) is 19.3 Å². The number of cyclic esters (lactones) is 2. The molecule has 1 unspecified atom stereocenters. The van der Waals surface area contributed by atoms with Gasteiger partial charge in [0, 0.05) is 0 Å². The molecular formula is C66H126O6. The zero-order valence-corrected chi connectivity index (χ0v) is 48.5. The van der Waals surface area contributed by atoms with Crippen LogP contribution in [0.3, 0.4) is 0 Å². The van der Waals surface area contributed by atoms with Crippen molar-refractivity contribution in [1.82, 2.24) is 0 Å². The molecule has 6 nitrogen and oxygen atoms in total. The van der Waals surface area contributed by atoms with E-state index >= 15 is 0 Å². The van der Waals surface area contributed by atoms with E-state index in [-0.39, 0.29) is 19.6 Å². The van der Waals surface area contributed by atoms with Crippen LogP contribution in [-0.4, -0.2) is 48.6 Å². The van der Waals surface area contributed by atoms with Crippen LogP contribution in [0.5, 0.6) is 0 Å². The van der Waals surface area contributed by atoms with Gasteiger partial charge in [-0.05, 0) is 32.1 Å². The second-order valence-corrected chi connectivity index (χ2v) is 23.5. The molecule has 0 amide bonds. The van der Waals surface area contributed by atoms with Crippen LogP contribution in [0.25, 0.3) is 0 Å². The van der Waals surface area contributed by atoms with Crippen LogP contribution in [0, 0.1) is 11.3 Å². The van der Waals surface area contributed by atoms with Gasteiger partial charge in [0.1, 0.15) is 13.2 Å². The molecule has 0 saturated carbocycles. The molecule has 1 aliphatic heterocycles. The van der Waals surface area contributed by atoms with Gasteiger partial charge in [-0.3, -0.25) is 9.59 Å². The fraction of sp³-hybridized carbons (Fsp3) is 0.939. The number of rotatable bonds is 57. The number of esters is 2. The summed E-state index contributed by atoms with van der Waals surface area (Å²) >= 11 is 0. The van der Waals surface area contributed by atoms with E-state index in [1.54, 1.807) is 0 Å². The third-order valence-corrected chi connectivity index (χ3v) is 16.3. The fourth-order valence-corrected chi connectivity index (χ4v) is 10.9. The zero-order valence-electron chi connectivity index (χ0n) is 48.5. The highest BCUT2D eigenvalue weighted by atomic mass is 16.6. The van der Waals surface area contributed by atoms with Crippen molar-refractivity contribution >= 4 is 11.9 Å². The summed E-state index contributed by atoms with van der Waals surface area (Å²) in [6.07, 6.45) is 80.1. The molecule has 426 valence electrons. The highest BCUT2D eigenvalue weighted by molar-refractivity contribution is 5.80. The Balaban J connectivity index is 1.68.